The third-order valence-corrected chi connectivity index (χ3v) is 6.81. The van der Waals surface area contributed by atoms with E-state index in [2.05, 4.69) is 31.2 Å². The third-order valence-electron chi connectivity index (χ3n) is 6.44. The van der Waals surface area contributed by atoms with Gasteiger partial charge < -0.3 is 14.2 Å². The fourth-order valence-electron chi connectivity index (χ4n) is 4.19. The van der Waals surface area contributed by atoms with Crippen molar-refractivity contribution in [2.75, 3.05) is 13.7 Å². The molecule has 0 amide bonds. The van der Waals surface area contributed by atoms with E-state index in [0.717, 1.165) is 76.2 Å². The molecule has 4 aromatic rings. The molecule has 4 aromatic carbocycles. The zero-order chi connectivity index (χ0) is 27.3. The van der Waals surface area contributed by atoms with Crippen molar-refractivity contribution in [2.45, 2.75) is 45.6 Å². The predicted molar refractivity (Wildman–Crippen MR) is 161 cm³/mol. The molecular weight excluding hydrogens is 506 g/mol. The summed E-state index contributed by atoms with van der Waals surface area (Å²) >= 11 is 6.50. The Kier molecular flexibility index (Phi) is 10.9. The van der Waals surface area contributed by atoms with E-state index in [1.54, 1.807) is 7.11 Å². The molecule has 5 heteroatoms. The molecule has 0 spiro atoms. The van der Waals surface area contributed by atoms with Crippen LogP contribution in [-0.4, -0.2) is 19.4 Å². The van der Waals surface area contributed by atoms with Gasteiger partial charge in [-0.2, -0.15) is 0 Å². The number of rotatable bonds is 14. The fourth-order valence-corrected chi connectivity index (χ4v) is 4.40. The number of unbranched alkanes of at least 4 members (excludes halogenated alkanes) is 2. The largest absolute Gasteiger partial charge is 0.497 e. The average Bonchev–Trinajstić information content (AvgIpc) is 2.98. The standard InChI is InChI=1S/C34H36ClNO3/c1-3-4-8-23-38-30-16-11-27(12-17-30)34(22-13-28-24-32(37-2)20-21-33(28)35)36-29-14-18-31(19-15-29)39-25-26-9-6-5-7-10-26/h5-7,9-12,14-21,24H,3-4,8,13,22-23,25H2,1-2H3. The van der Waals surface area contributed by atoms with E-state index < -0.39 is 0 Å². The molecule has 0 unspecified atom stereocenters. The Hall–Kier alpha value is -3.76. The van der Waals surface area contributed by atoms with Crippen molar-refractivity contribution in [3.8, 4) is 17.2 Å². The number of aliphatic imine (C=N–C) groups is 1. The van der Waals surface area contributed by atoms with Crippen LogP contribution in [0.15, 0.2) is 102 Å². The monoisotopic (exact) mass is 541 g/mol. The predicted octanol–water partition coefficient (Wildman–Crippen LogP) is 9.25. The van der Waals surface area contributed by atoms with Crippen LogP contribution in [0, 0.1) is 0 Å². The minimum atomic E-state index is 0.531. The molecule has 4 nitrogen and oxygen atoms in total. The SMILES string of the molecule is CCCCCOc1ccc(C(CCc2cc(OC)ccc2Cl)=Nc2ccc(OCc3ccccc3)cc2)cc1. The second-order valence-corrected chi connectivity index (χ2v) is 9.77. The summed E-state index contributed by atoms with van der Waals surface area (Å²) in [5.74, 6) is 2.49. The van der Waals surface area contributed by atoms with Gasteiger partial charge in [0.2, 0.25) is 0 Å². The van der Waals surface area contributed by atoms with Crippen LogP contribution in [0.1, 0.15) is 49.3 Å². The summed E-state index contributed by atoms with van der Waals surface area (Å²) in [5.41, 5.74) is 5.07. The summed E-state index contributed by atoms with van der Waals surface area (Å²) in [5, 5.41) is 0.728. The molecular formula is C34H36ClNO3. The Morgan fingerprint density at radius 1 is 0.769 bits per heavy atom. The van der Waals surface area contributed by atoms with E-state index in [9.17, 15) is 0 Å². The maximum atomic E-state index is 6.50. The van der Waals surface area contributed by atoms with Gasteiger partial charge in [0.1, 0.15) is 23.9 Å². The van der Waals surface area contributed by atoms with E-state index in [4.69, 9.17) is 30.8 Å². The first kappa shape index (κ1) is 28.3. The molecule has 0 bridgehead atoms. The van der Waals surface area contributed by atoms with Crippen LogP contribution >= 0.6 is 11.6 Å². The van der Waals surface area contributed by atoms with Gasteiger partial charge in [-0.3, -0.25) is 4.99 Å². The Bertz CT molecular complexity index is 1320. The lowest BCUT2D eigenvalue weighted by molar-refractivity contribution is 0.306. The molecule has 0 heterocycles. The van der Waals surface area contributed by atoms with Crippen molar-refractivity contribution in [3.05, 3.63) is 119 Å². The number of hydrogen-bond donors (Lipinski definition) is 0. The molecule has 0 saturated heterocycles. The Morgan fingerprint density at radius 3 is 2.18 bits per heavy atom. The minimum Gasteiger partial charge on any atom is -0.497 e. The zero-order valence-electron chi connectivity index (χ0n) is 22.7. The lowest BCUT2D eigenvalue weighted by atomic mass is 10.0. The number of benzene rings is 4. The first-order valence-electron chi connectivity index (χ1n) is 13.5. The number of hydrogen-bond acceptors (Lipinski definition) is 4. The van der Waals surface area contributed by atoms with Crippen LogP contribution in [0.25, 0.3) is 0 Å². The van der Waals surface area contributed by atoms with Gasteiger partial charge in [-0.05, 0) is 103 Å². The quantitative estimate of drug-likeness (QED) is 0.118. The lowest BCUT2D eigenvalue weighted by Gasteiger charge is -2.12. The van der Waals surface area contributed by atoms with Crippen molar-refractivity contribution < 1.29 is 14.2 Å². The first-order valence-corrected chi connectivity index (χ1v) is 13.9. The first-order chi connectivity index (χ1) is 19.1. The summed E-state index contributed by atoms with van der Waals surface area (Å²) < 4.78 is 17.3. The summed E-state index contributed by atoms with van der Waals surface area (Å²) in [4.78, 5) is 5.04. The van der Waals surface area contributed by atoms with Gasteiger partial charge in [-0.15, -0.1) is 0 Å². The molecule has 0 radical (unpaired) electrons. The second kappa shape index (κ2) is 15.0. The van der Waals surface area contributed by atoms with E-state index in [-0.39, 0.29) is 0 Å². The summed E-state index contributed by atoms with van der Waals surface area (Å²) in [6.07, 6.45) is 4.88. The second-order valence-electron chi connectivity index (χ2n) is 9.36. The number of halogens is 1. The fraction of sp³-hybridized carbons (Fsp3) is 0.265. The topological polar surface area (TPSA) is 40.0 Å². The molecule has 0 atom stereocenters. The van der Waals surface area contributed by atoms with E-state index in [1.165, 1.54) is 12.8 Å². The van der Waals surface area contributed by atoms with E-state index in [0.29, 0.717) is 6.61 Å². The van der Waals surface area contributed by atoms with Crippen LogP contribution in [-0.2, 0) is 13.0 Å². The average molecular weight is 542 g/mol. The van der Waals surface area contributed by atoms with Crippen molar-refractivity contribution in [1.82, 2.24) is 0 Å². The molecule has 39 heavy (non-hydrogen) atoms. The van der Waals surface area contributed by atoms with E-state index in [1.807, 2.05) is 72.8 Å². The van der Waals surface area contributed by atoms with Gasteiger partial charge in [0.05, 0.1) is 19.4 Å². The smallest absolute Gasteiger partial charge is 0.119 e. The van der Waals surface area contributed by atoms with Crippen LogP contribution in [0.3, 0.4) is 0 Å². The summed E-state index contributed by atoms with van der Waals surface area (Å²) in [6.45, 7) is 3.46. The highest BCUT2D eigenvalue weighted by molar-refractivity contribution is 6.31. The van der Waals surface area contributed by atoms with Gasteiger partial charge in [-0.25, -0.2) is 0 Å². The Morgan fingerprint density at radius 2 is 1.46 bits per heavy atom. The normalized spacial score (nSPS) is 11.3. The molecule has 0 aliphatic rings. The number of methoxy groups -OCH3 is 1. The highest BCUT2D eigenvalue weighted by atomic mass is 35.5. The van der Waals surface area contributed by atoms with Crippen molar-refractivity contribution >= 4 is 23.0 Å². The molecule has 0 saturated carbocycles. The zero-order valence-corrected chi connectivity index (χ0v) is 23.5. The van der Waals surface area contributed by atoms with Crippen molar-refractivity contribution in [2.24, 2.45) is 4.99 Å². The van der Waals surface area contributed by atoms with E-state index >= 15 is 0 Å². The maximum Gasteiger partial charge on any atom is 0.119 e. The van der Waals surface area contributed by atoms with Gasteiger partial charge in [-0.1, -0.05) is 61.7 Å². The molecule has 4 rings (SSSR count). The summed E-state index contributed by atoms with van der Waals surface area (Å²) in [6, 6.07) is 32.0. The van der Waals surface area contributed by atoms with Crippen LogP contribution in [0.2, 0.25) is 5.02 Å². The molecule has 0 aromatic heterocycles. The van der Waals surface area contributed by atoms with Gasteiger partial charge in [0.15, 0.2) is 0 Å². The van der Waals surface area contributed by atoms with Gasteiger partial charge in [0, 0.05) is 10.7 Å². The number of aryl methyl sites for hydroxylation is 1. The number of nitrogens with zero attached hydrogens (tertiary/aromatic N) is 1. The highest BCUT2D eigenvalue weighted by Gasteiger charge is 2.10. The van der Waals surface area contributed by atoms with Gasteiger partial charge >= 0.3 is 0 Å². The van der Waals surface area contributed by atoms with Gasteiger partial charge in [0.25, 0.3) is 0 Å². The molecule has 202 valence electrons. The molecule has 0 N–H and O–H groups in total. The Balaban J connectivity index is 1.50. The Labute approximate surface area is 237 Å². The van der Waals surface area contributed by atoms with Crippen LogP contribution < -0.4 is 14.2 Å². The third kappa shape index (κ3) is 8.90. The molecule has 0 aliphatic carbocycles. The van der Waals surface area contributed by atoms with Crippen LogP contribution in [0.4, 0.5) is 5.69 Å². The minimum absolute atomic E-state index is 0.531. The maximum absolute atomic E-state index is 6.50. The van der Waals surface area contributed by atoms with Crippen molar-refractivity contribution in [3.63, 3.8) is 0 Å². The molecule has 0 fully saturated rings. The number of ether oxygens (including phenoxy) is 3. The molecule has 0 aliphatic heterocycles. The van der Waals surface area contributed by atoms with Crippen molar-refractivity contribution in [1.29, 1.82) is 0 Å². The summed E-state index contributed by atoms with van der Waals surface area (Å²) in [7, 11) is 1.67. The lowest BCUT2D eigenvalue weighted by Crippen LogP contribution is -2.04. The van der Waals surface area contributed by atoms with Crippen LogP contribution in [0.5, 0.6) is 17.2 Å². The highest BCUT2D eigenvalue weighted by Crippen LogP contribution is 2.26.